The van der Waals surface area contributed by atoms with Crippen molar-refractivity contribution in [2.45, 2.75) is 6.92 Å². The molecule has 2 aromatic rings. The summed E-state index contributed by atoms with van der Waals surface area (Å²) in [5, 5.41) is 2.45. The van der Waals surface area contributed by atoms with Crippen molar-refractivity contribution < 1.29 is 13.6 Å². The van der Waals surface area contributed by atoms with Gasteiger partial charge in [-0.25, -0.2) is 8.78 Å². The SMILES string of the molecule is Cc1cccc(C(=O)Nc2cc(F)cc(F)c2)c1. The van der Waals surface area contributed by atoms with Crippen LogP contribution in [-0.4, -0.2) is 5.91 Å². The summed E-state index contributed by atoms with van der Waals surface area (Å²) < 4.78 is 25.9. The molecule has 2 nitrogen and oxygen atoms in total. The number of rotatable bonds is 2. The fourth-order valence-electron chi connectivity index (χ4n) is 1.62. The predicted octanol–water partition coefficient (Wildman–Crippen LogP) is 3.53. The highest BCUT2D eigenvalue weighted by molar-refractivity contribution is 6.04. The van der Waals surface area contributed by atoms with Gasteiger partial charge in [0.05, 0.1) is 0 Å². The number of halogens is 2. The minimum absolute atomic E-state index is 0.0963. The zero-order chi connectivity index (χ0) is 13.1. The molecule has 0 aliphatic carbocycles. The highest BCUT2D eigenvalue weighted by atomic mass is 19.1. The number of hydrogen-bond donors (Lipinski definition) is 1. The molecule has 0 saturated heterocycles. The van der Waals surface area contributed by atoms with Crippen LogP contribution in [0.25, 0.3) is 0 Å². The van der Waals surface area contributed by atoms with Gasteiger partial charge in [0.1, 0.15) is 11.6 Å². The van der Waals surface area contributed by atoms with Crippen molar-refractivity contribution in [3.05, 3.63) is 65.2 Å². The van der Waals surface area contributed by atoms with Crippen LogP contribution in [-0.2, 0) is 0 Å². The van der Waals surface area contributed by atoms with E-state index in [2.05, 4.69) is 5.32 Å². The summed E-state index contributed by atoms with van der Waals surface area (Å²) in [5.41, 5.74) is 1.48. The maximum atomic E-state index is 13.0. The van der Waals surface area contributed by atoms with E-state index in [0.29, 0.717) is 5.56 Å². The van der Waals surface area contributed by atoms with Crippen molar-refractivity contribution in [1.29, 1.82) is 0 Å². The number of aryl methyl sites for hydroxylation is 1. The van der Waals surface area contributed by atoms with Crippen LogP contribution in [0.5, 0.6) is 0 Å². The molecule has 0 aliphatic rings. The van der Waals surface area contributed by atoms with Crippen LogP contribution in [0, 0.1) is 18.6 Å². The van der Waals surface area contributed by atoms with Crippen molar-refractivity contribution in [3.8, 4) is 0 Å². The van der Waals surface area contributed by atoms with Crippen molar-refractivity contribution in [3.63, 3.8) is 0 Å². The zero-order valence-corrected chi connectivity index (χ0v) is 9.71. The topological polar surface area (TPSA) is 29.1 Å². The van der Waals surface area contributed by atoms with Crippen LogP contribution >= 0.6 is 0 Å². The van der Waals surface area contributed by atoms with E-state index in [-0.39, 0.29) is 5.69 Å². The molecule has 18 heavy (non-hydrogen) atoms. The molecule has 1 N–H and O–H groups in total. The summed E-state index contributed by atoms with van der Waals surface area (Å²) in [6, 6.07) is 9.83. The number of nitrogens with one attached hydrogen (secondary N) is 1. The highest BCUT2D eigenvalue weighted by Gasteiger charge is 2.07. The lowest BCUT2D eigenvalue weighted by molar-refractivity contribution is 0.102. The molecule has 0 unspecified atom stereocenters. The summed E-state index contributed by atoms with van der Waals surface area (Å²) in [5.74, 6) is -1.85. The Morgan fingerprint density at radius 3 is 2.33 bits per heavy atom. The molecule has 2 aromatic carbocycles. The van der Waals surface area contributed by atoms with Crippen molar-refractivity contribution >= 4 is 11.6 Å². The number of anilines is 1. The molecule has 0 atom stereocenters. The highest BCUT2D eigenvalue weighted by Crippen LogP contribution is 2.14. The van der Waals surface area contributed by atoms with Gasteiger partial charge >= 0.3 is 0 Å². The second-order valence-electron chi connectivity index (χ2n) is 3.98. The molecule has 0 heterocycles. The van der Waals surface area contributed by atoms with E-state index in [1.54, 1.807) is 18.2 Å². The molecular weight excluding hydrogens is 236 g/mol. The first kappa shape index (κ1) is 12.2. The van der Waals surface area contributed by atoms with Gasteiger partial charge in [-0.1, -0.05) is 17.7 Å². The molecule has 0 aromatic heterocycles. The number of carbonyl (C=O) groups excluding carboxylic acids is 1. The monoisotopic (exact) mass is 247 g/mol. The van der Waals surface area contributed by atoms with Crippen molar-refractivity contribution in [1.82, 2.24) is 0 Å². The van der Waals surface area contributed by atoms with Gasteiger partial charge in [-0.05, 0) is 31.2 Å². The predicted molar refractivity (Wildman–Crippen MR) is 65.5 cm³/mol. The van der Waals surface area contributed by atoms with Crippen molar-refractivity contribution in [2.75, 3.05) is 5.32 Å². The Bertz CT molecular complexity index is 576. The lowest BCUT2D eigenvalue weighted by Gasteiger charge is -2.06. The first-order chi connectivity index (χ1) is 8.54. The number of carbonyl (C=O) groups is 1. The minimum Gasteiger partial charge on any atom is -0.322 e. The number of hydrogen-bond acceptors (Lipinski definition) is 1. The van der Waals surface area contributed by atoms with Gasteiger partial charge in [0, 0.05) is 17.3 Å². The second kappa shape index (κ2) is 4.96. The summed E-state index contributed by atoms with van der Waals surface area (Å²) in [4.78, 5) is 11.8. The average molecular weight is 247 g/mol. The summed E-state index contributed by atoms with van der Waals surface area (Å²) in [6.45, 7) is 1.86. The third-order valence-corrected chi connectivity index (χ3v) is 2.40. The Labute approximate surface area is 103 Å². The summed E-state index contributed by atoms with van der Waals surface area (Å²) >= 11 is 0. The Balaban J connectivity index is 2.21. The normalized spacial score (nSPS) is 10.2. The van der Waals surface area contributed by atoms with Gasteiger partial charge in [-0.15, -0.1) is 0 Å². The Morgan fingerprint density at radius 1 is 1.06 bits per heavy atom. The van der Waals surface area contributed by atoms with Crippen molar-refractivity contribution in [2.24, 2.45) is 0 Å². The Morgan fingerprint density at radius 2 is 1.72 bits per heavy atom. The van der Waals surface area contributed by atoms with Crippen LogP contribution < -0.4 is 5.32 Å². The van der Waals surface area contributed by atoms with E-state index >= 15 is 0 Å². The molecule has 0 radical (unpaired) electrons. The van der Waals surface area contributed by atoms with Gasteiger partial charge in [-0.3, -0.25) is 4.79 Å². The lowest BCUT2D eigenvalue weighted by atomic mass is 10.1. The van der Waals surface area contributed by atoms with E-state index < -0.39 is 17.5 Å². The van der Waals surface area contributed by atoms with Gasteiger partial charge in [0.15, 0.2) is 0 Å². The fraction of sp³-hybridized carbons (Fsp3) is 0.0714. The largest absolute Gasteiger partial charge is 0.322 e. The minimum atomic E-state index is -0.727. The van der Waals surface area contributed by atoms with Gasteiger partial charge in [-0.2, -0.15) is 0 Å². The van der Waals surface area contributed by atoms with Crippen LogP contribution in [0.3, 0.4) is 0 Å². The second-order valence-corrected chi connectivity index (χ2v) is 3.98. The molecule has 4 heteroatoms. The molecule has 2 rings (SSSR count). The molecule has 0 bridgehead atoms. The summed E-state index contributed by atoms with van der Waals surface area (Å²) in [7, 11) is 0. The van der Waals surface area contributed by atoms with Crippen LogP contribution in [0.2, 0.25) is 0 Å². The Hall–Kier alpha value is -2.23. The third kappa shape index (κ3) is 2.91. The van der Waals surface area contributed by atoms with E-state index in [0.717, 1.165) is 23.8 Å². The first-order valence-corrected chi connectivity index (χ1v) is 5.39. The molecule has 1 amide bonds. The van der Waals surface area contributed by atoms with Gasteiger partial charge in [0.25, 0.3) is 5.91 Å². The standard InChI is InChI=1S/C14H11F2NO/c1-9-3-2-4-10(5-9)14(18)17-13-7-11(15)6-12(16)8-13/h2-8H,1H3,(H,17,18). The molecule has 92 valence electrons. The quantitative estimate of drug-likeness (QED) is 0.864. The maximum Gasteiger partial charge on any atom is 0.255 e. The molecule has 0 fully saturated rings. The third-order valence-electron chi connectivity index (χ3n) is 2.40. The molecule has 0 aliphatic heterocycles. The van der Waals surface area contributed by atoms with E-state index in [1.165, 1.54) is 0 Å². The van der Waals surface area contributed by atoms with E-state index in [9.17, 15) is 13.6 Å². The molecule has 0 spiro atoms. The maximum absolute atomic E-state index is 13.0. The van der Waals surface area contributed by atoms with E-state index in [1.807, 2.05) is 13.0 Å². The molecule has 0 saturated carbocycles. The average Bonchev–Trinajstić information content (AvgIpc) is 2.27. The number of benzene rings is 2. The van der Waals surface area contributed by atoms with Gasteiger partial charge in [0.2, 0.25) is 0 Å². The fourth-order valence-corrected chi connectivity index (χ4v) is 1.62. The first-order valence-electron chi connectivity index (χ1n) is 5.39. The Kier molecular flexibility index (Phi) is 3.37. The van der Waals surface area contributed by atoms with Crippen LogP contribution in [0.4, 0.5) is 14.5 Å². The van der Waals surface area contributed by atoms with Crippen LogP contribution in [0.1, 0.15) is 15.9 Å². The summed E-state index contributed by atoms with van der Waals surface area (Å²) in [6.07, 6.45) is 0. The number of amides is 1. The van der Waals surface area contributed by atoms with Gasteiger partial charge < -0.3 is 5.32 Å². The smallest absolute Gasteiger partial charge is 0.255 e. The van der Waals surface area contributed by atoms with Crippen LogP contribution in [0.15, 0.2) is 42.5 Å². The zero-order valence-electron chi connectivity index (χ0n) is 9.71. The lowest BCUT2D eigenvalue weighted by Crippen LogP contribution is -2.12. The molecular formula is C14H11F2NO. The van der Waals surface area contributed by atoms with E-state index in [4.69, 9.17) is 0 Å².